The maximum Gasteiger partial charge on any atom is 0.347 e. The van der Waals surface area contributed by atoms with Crippen LogP contribution >= 0.6 is 22.9 Å². The minimum atomic E-state index is -1.04. The Morgan fingerprint density at radius 2 is 2.18 bits per heavy atom. The van der Waals surface area contributed by atoms with Gasteiger partial charge in [-0.15, -0.1) is 11.3 Å². The van der Waals surface area contributed by atoms with Crippen molar-refractivity contribution in [1.29, 1.82) is 0 Å². The van der Waals surface area contributed by atoms with Crippen LogP contribution in [-0.4, -0.2) is 29.1 Å². The molecule has 0 saturated carbocycles. The van der Waals surface area contributed by atoms with Gasteiger partial charge in [-0.2, -0.15) is 0 Å². The third-order valence-electron chi connectivity index (χ3n) is 2.78. The first kappa shape index (κ1) is 16.3. The molecule has 1 aromatic carbocycles. The van der Waals surface area contributed by atoms with Crippen molar-refractivity contribution >= 4 is 40.5 Å². The van der Waals surface area contributed by atoms with E-state index < -0.39 is 5.97 Å². The van der Waals surface area contributed by atoms with Gasteiger partial charge in [0, 0.05) is 5.69 Å². The van der Waals surface area contributed by atoms with E-state index in [-0.39, 0.29) is 17.2 Å². The van der Waals surface area contributed by atoms with E-state index in [4.69, 9.17) is 21.4 Å². The number of rotatable bonds is 5. The molecule has 1 aromatic heterocycles. The van der Waals surface area contributed by atoms with Crippen LogP contribution in [-0.2, 0) is 11.2 Å². The number of aromatic carboxylic acids is 1. The first-order chi connectivity index (χ1) is 10.4. The second-order valence-electron chi connectivity index (χ2n) is 4.40. The van der Waals surface area contributed by atoms with E-state index in [0.717, 1.165) is 11.3 Å². The van der Waals surface area contributed by atoms with E-state index in [1.165, 1.54) is 7.11 Å². The third-order valence-corrected chi connectivity index (χ3v) is 4.22. The number of nitrogens with zero attached hydrogens (tertiary/aromatic N) is 1. The summed E-state index contributed by atoms with van der Waals surface area (Å²) >= 11 is 6.98. The lowest BCUT2D eigenvalue weighted by molar-refractivity contribution is -0.115. The number of benzene rings is 1. The van der Waals surface area contributed by atoms with E-state index in [9.17, 15) is 9.59 Å². The van der Waals surface area contributed by atoms with Crippen LogP contribution in [0.2, 0.25) is 5.02 Å². The minimum Gasteiger partial charge on any atom is -0.495 e. The van der Waals surface area contributed by atoms with Gasteiger partial charge in [0.1, 0.15) is 15.6 Å². The number of aryl methyl sites for hydroxylation is 1. The molecule has 0 spiro atoms. The monoisotopic (exact) mass is 340 g/mol. The number of halogens is 1. The number of nitrogens with one attached hydrogen (secondary N) is 1. The van der Waals surface area contributed by atoms with E-state index in [2.05, 4.69) is 10.3 Å². The molecular formula is C14H13ClN2O4S. The Labute approximate surface area is 135 Å². The van der Waals surface area contributed by atoms with Gasteiger partial charge in [0.2, 0.25) is 5.91 Å². The molecule has 2 aromatic rings. The number of ether oxygens (including phenoxy) is 1. The maximum atomic E-state index is 12.0. The smallest absolute Gasteiger partial charge is 0.347 e. The standard InChI is InChI=1S/C14H13ClN2O4S/c1-7-13(14(19)20)22-12(16-7)6-11(18)17-8-3-4-10(21-2)9(15)5-8/h3-5H,6H2,1-2H3,(H,17,18)(H,19,20). The van der Waals surface area contributed by atoms with Crippen LogP contribution in [0.4, 0.5) is 5.69 Å². The van der Waals surface area contributed by atoms with Gasteiger partial charge in [-0.25, -0.2) is 9.78 Å². The summed E-state index contributed by atoms with van der Waals surface area (Å²) < 4.78 is 5.03. The highest BCUT2D eigenvalue weighted by molar-refractivity contribution is 7.13. The molecule has 1 amide bonds. The number of carbonyl (C=O) groups excluding carboxylic acids is 1. The number of hydrogen-bond donors (Lipinski definition) is 2. The normalized spacial score (nSPS) is 10.3. The Morgan fingerprint density at radius 3 is 2.73 bits per heavy atom. The first-order valence-corrected chi connectivity index (χ1v) is 7.43. The SMILES string of the molecule is COc1ccc(NC(=O)Cc2nc(C)c(C(=O)O)s2)cc1Cl. The summed E-state index contributed by atoms with van der Waals surface area (Å²) in [5.74, 6) is -0.822. The van der Waals surface area contributed by atoms with Crippen LogP contribution in [0.5, 0.6) is 5.75 Å². The van der Waals surface area contributed by atoms with Crippen molar-refractivity contribution in [2.45, 2.75) is 13.3 Å². The van der Waals surface area contributed by atoms with Crippen molar-refractivity contribution in [2.75, 3.05) is 12.4 Å². The molecule has 0 unspecified atom stereocenters. The van der Waals surface area contributed by atoms with Gasteiger partial charge >= 0.3 is 5.97 Å². The molecule has 8 heteroatoms. The Hall–Kier alpha value is -2.12. The van der Waals surface area contributed by atoms with Crippen molar-refractivity contribution in [3.8, 4) is 5.75 Å². The molecule has 0 aliphatic heterocycles. The number of methoxy groups -OCH3 is 1. The number of aromatic nitrogens is 1. The highest BCUT2D eigenvalue weighted by Crippen LogP contribution is 2.27. The molecule has 22 heavy (non-hydrogen) atoms. The van der Waals surface area contributed by atoms with Crippen molar-refractivity contribution in [1.82, 2.24) is 4.98 Å². The zero-order valence-corrected chi connectivity index (χ0v) is 13.4. The number of carboxylic acids is 1. The fourth-order valence-electron chi connectivity index (χ4n) is 1.81. The van der Waals surface area contributed by atoms with Crippen LogP contribution in [0.15, 0.2) is 18.2 Å². The van der Waals surface area contributed by atoms with Gasteiger partial charge in [0.05, 0.1) is 24.2 Å². The Kier molecular flexibility index (Phi) is 4.99. The van der Waals surface area contributed by atoms with Gasteiger partial charge in [0.25, 0.3) is 0 Å². The molecule has 0 saturated heterocycles. The summed E-state index contributed by atoms with van der Waals surface area (Å²) in [5.41, 5.74) is 0.940. The molecule has 6 nitrogen and oxygen atoms in total. The minimum absolute atomic E-state index is 0.00242. The summed E-state index contributed by atoms with van der Waals surface area (Å²) in [6, 6.07) is 4.89. The van der Waals surface area contributed by atoms with Crippen molar-refractivity contribution < 1.29 is 19.4 Å². The van der Waals surface area contributed by atoms with Crippen LogP contribution in [0, 0.1) is 6.92 Å². The summed E-state index contributed by atoms with van der Waals surface area (Å²) in [4.78, 5) is 27.2. The summed E-state index contributed by atoms with van der Waals surface area (Å²) in [7, 11) is 1.50. The van der Waals surface area contributed by atoms with Crippen LogP contribution < -0.4 is 10.1 Å². The number of amides is 1. The first-order valence-electron chi connectivity index (χ1n) is 6.23. The molecule has 0 radical (unpaired) electrons. The van der Waals surface area contributed by atoms with Crippen molar-refractivity contribution in [3.63, 3.8) is 0 Å². The molecule has 0 atom stereocenters. The van der Waals surface area contributed by atoms with Gasteiger partial charge in [0.15, 0.2) is 0 Å². The van der Waals surface area contributed by atoms with E-state index in [0.29, 0.717) is 27.2 Å². The van der Waals surface area contributed by atoms with Crippen molar-refractivity contribution in [3.05, 3.63) is 38.8 Å². The van der Waals surface area contributed by atoms with E-state index in [1.54, 1.807) is 25.1 Å². The maximum absolute atomic E-state index is 12.0. The lowest BCUT2D eigenvalue weighted by Crippen LogP contribution is -2.14. The molecule has 0 aliphatic rings. The average molecular weight is 341 g/mol. The molecule has 1 heterocycles. The highest BCUT2D eigenvalue weighted by atomic mass is 35.5. The van der Waals surface area contributed by atoms with Gasteiger partial charge in [-0.1, -0.05) is 11.6 Å². The zero-order chi connectivity index (χ0) is 16.3. The predicted octanol–water partition coefficient (Wildman–Crippen LogP) is 2.99. The number of carboxylic acid groups (broad SMARTS) is 1. The number of hydrogen-bond acceptors (Lipinski definition) is 5. The van der Waals surface area contributed by atoms with Crippen LogP contribution in [0.3, 0.4) is 0 Å². The third kappa shape index (κ3) is 3.75. The number of carbonyl (C=O) groups is 2. The lowest BCUT2D eigenvalue weighted by Gasteiger charge is -2.07. The predicted molar refractivity (Wildman–Crippen MR) is 84.1 cm³/mol. The fourth-order valence-corrected chi connectivity index (χ4v) is 2.97. The Morgan fingerprint density at radius 1 is 1.45 bits per heavy atom. The molecular weight excluding hydrogens is 328 g/mol. The van der Waals surface area contributed by atoms with Gasteiger partial charge in [-0.3, -0.25) is 4.79 Å². The Bertz CT molecular complexity index is 730. The summed E-state index contributed by atoms with van der Waals surface area (Å²) in [6.07, 6.45) is 0.00242. The molecule has 2 rings (SSSR count). The quantitative estimate of drug-likeness (QED) is 0.873. The second kappa shape index (κ2) is 6.76. The zero-order valence-electron chi connectivity index (χ0n) is 11.8. The average Bonchev–Trinajstić information content (AvgIpc) is 2.79. The number of anilines is 1. The van der Waals surface area contributed by atoms with Crippen LogP contribution in [0.25, 0.3) is 0 Å². The summed E-state index contributed by atoms with van der Waals surface area (Å²) in [5, 5.41) is 12.5. The molecule has 0 aliphatic carbocycles. The van der Waals surface area contributed by atoms with E-state index >= 15 is 0 Å². The molecule has 0 bridgehead atoms. The highest BCUT2D eigenvalue weighted by Gasteiger charge is 2.16. The lowest BCUT2D eigenvalue weighted by atomic mass is 10.3. The number of thiazole rings is 1. The topological polar surface area (TPSA) is 88.5 Å². The molecule has 0 fully saturated rings. The van der Waals surface area contributed by atoms with Crippen LogP contribution in [0.1, 0.15) is 20.4 Å². The second-order valence-corrected chi connectivity index (χ2v) is 5.89. The molecule has 116 valence electrons. The fraction of sp³-hybridized carbons (Fsp3) is 0.214. The van der Waals surface area contributed by atoms with Gasteiger partial charge < -0.3 is 15.2 Å². The van der Waals surface area contributed by atoms with E-state index in [1.807, 2.05) is 0 Å². The van der Waals surface area contributed by atoms with Crippen molar-refractivity contribution in [2.24, 2.45) is 0 Å². The largest absolute Gasteiger partial charge is 0.495 e. The summed E-state index contributed by atoms with van der Waals surface area (Å²) in [6.45, 7) is 1.60. The Balaban J connectivity index is 2.05. The molecule has 2 N–H and O–H groups in total. The van der Waals surface area contributed by atoms with Gasteiger partial charge in [-0.05, 0) is 25.1 Å².